The van der Waals surface area contributed by atoms with Crippen LogP contribution >= 0.6 is 11.6 Å². The van der Waals surface area contributed by atoms with Crippen molar-refractivity contribution in [1.29, 1.82) is 0 Å². The minimum atomic E-state index is -0.896. The molecular weight excluding hydrogens is 483 g/mol. The van der Waals surface area contributed by atoms with Gasteiger partial charge in [0.15, 0.2) is 6.61 Å². The Hall–Kier alpha value is -3.06. The molecule has 2 atom stereocenters. The van der Waals surface area contributed by atoms with Crippen molar-refractivity contribution < 1.29 is 23.8 Å². The summed E-state index contributed by atoms with van der Waals surface area (Å²) in [5.41, 5.74) is 2.63. The Labute approximate surface area is 214 Å². The molecular formula is C28H30ClFN2O4. The van der Waals surface area contributed by atoms with Crippen LogP contribution in [0.4, 0.5) is 4.39 Å². The minimum absolute atomic E-state index is 0.0548. The number of hydrogen-bond acceptors (Lipinski definition) is 3. The molecule has 1 amide bonds. The quantitative estimate of drug-likeness (QED) is 0.402. The number of nitrogens with zero attached hydrogens (tertiary/aromatic N) is 2. The van der Waals surface area contributed by atoms with E-state index >= 15 is 0 Å². The number of hydrogen-bond donors (Lipinski definition) is 1. The van der Waals surface area contributed by atoms with Crippen molar-refractivity contribution in [3.05, 3.63) is 64.6 Å². The molecule has 2 aromatic carbocycles. The lowest BCUT2D eigenvalue weighted by Gasteiger charge is -2.35. The second kappa shape index (κ2) is 10.1. The third-order valence-corrected chi connectivity index (χ3v) is 7.63. The van der Waals surface area contributed by atoms with Crippen LogP contribution in [0.2, 0.25) is 5.02 Å². The molecule has 2 aliphatic rings. The van der Waals surface area contributed by atoms with Crippen LogP contribution in [0.3, 0.4) is 0 Å². The number of fused-ring (bicyclic) bond motifs is 3. The minimum Gasteiger partial charge on any atom is -0.484 e. The van der Waals surface area contributed by atoms with Crippen LogP contribution in [0.15, 0.2) is 42.5 Å². The largest absolute Gasteiger partial charge is 0.484 e. The molecule has 0 bridgehead atoms. The number of ether oxygens (including phenoxy) is 1. The van der Waals surface area contributed by atoms with Gasteiger partial charge in [0.1, 0.15) is 17.6 Å². The summed E-state index contributed by atoms with van der Waals surface area (Å²) in [6.07, 6.45) is 4.56. The molecule has 1 fully saturated rings. The Bertz CT molecular complexity index is 1300. The molecule has 1 heterocycles. The van der Waals surface area contributed by atoms with Crippen LogP contribution in [0.1, 0.15) is 49.9 Å². The summed E-state index contributed by atoms with van der Waals surface area (Å²) >= 11 is 6.04. The highest BCUT2D eigenvalue weighted by molar-refractivity contribution is 6.30. The fourth-order valence-corrected chi connectivity index (χ4v) is 5.63. The molecule has 1 unspecified atom stereocenters. The fraction of sp³-hybridized carbons (Fsp3) is 0.429. The summed E-state index contributed by atoms with van der Waals surface area (Å²) in [7, 11) is 0. The molecule has 1 aromatic heterocycles. The van der Waals surface area contributed by atoms with Crippen molar-refractivity contribution in [1.82, 2.24) is 9.47 Å². The number of carbonyl (C=O) groups is 2. The van der Waals surface area contributed by atoms with E-state index in [1.54, 1.807) is 30.3 Å². The molecule has 190 valence electrons. The molecule has 6 nitrogen and oxygen atoms in total. The normalized spacial score (nSPS) is 18.0. The van der Waals surface area contributed by atoms with E-state index < -0.39 is 12.0 Å². The molecule has 1 saturated carbocycles. The third kappa shape index (κ3) is 4.94. The number of benzene rings is 2. The average molecular weight is 513 g/mol. The van der Waals surface area contributed by atoms with Gasteiger partial charge in [0.2, 0.25) is 0 Å². The number of carboxylic acids is 1. The lowest BCUT2D eigenvalue weighted by Crippen LogP contribution is -2.46. The Kier molecular flexibility index (Phi) is 6.93. The summed E-state index contributed by atoms with van der Waals surface area (Å²) in [5.74, 6) is -0.286. The summed E-state index contributed by atoms with van der Waals surface area (Å²) < 4.78 is 21.9. The van der Waals surface area contributed by atoms with Gasteiger partial charge < -0.3 is 19.3 Å². The summed E-state index contributed by atoms with van der Waals surface area (Å²) in [6, 6.07) is 10.8. The maximum atomic E-state index is 14.3. The molecule has 0 radical (unpaired) electrons. The van der Waals surface area contributed by atoms with Crippen LogP contribution in [0.5, 0.6) is 5.75 Å². The van der Waals surface area contributed by atoms with Gasteiger partial charge in [0.05, 0.1) is 0 Å². The molecule has 5 rings (SSSR count). The van der Waals surface area contributed by atoms with Crippen molar-refractivity contribution in [2.45, 2.75) is 57.5 Å². The van der Waals surface area contributed by atoms with Gasteiger partial charge in [-0.1, -0.05) is 24.6 Å². The Morgan fingerprint density at radius 3 is 2.72 bits per heavy atom. The van der Waals surface area contributed by atoms with Crippen molar-refractivity contribution in [2.24, 2.45) is 5.92 Å². The fourth-order valence-electron chi connectivity index (χ4n) is 5.45. The van der Waals surface area contributed by atoms with Crippen molar-refractivity contribution in [3.8, 4) is 5.75 Å². The highest BCUT2D eigenvalue weighted by atomic mass is 35.5. The highest BCUT2D eigenvalue weighted by Gasteiger charge is 2.36. The van der Waals surface area contributed by atoms with Crippen LogP contribution in [0.25, 0.3) is 10.9 Å². The molecule has 0 spiro atoms. The number of amides is 1. The zero-order valence-corrected chi connectivity index (χ0v) is 21.0. The van der Waals surface area contributed by atoms with E-state index in [2.05, 4.69) is 0 Å². The molecule has 1 N–H and O–H groups in total. The van der Waals surface area contributed by atoms with Gasteiger partial charge in [-0.2, -0.15) is 0 Å². The first-order valence-corrected chi connectivity index (χ1v) is 12.9. The number of aromatic nitrogens is 1. The zero-order valence-electron chi connectivity index (χ0n) is 20.3. The van der Waals surface area contributed by atoms with E-state index in [-0.39, 0.29) is 24.4 Å². The Balaban J connectivity index is 1.44. The van der Waals surface area contributed by atoms with Crippen LogP contribution in [-0.4, -0.2) is 45.6 Å². The van der Waals surface area contributed by atoms with Gasteiger partial charge in [-0.3, -0.25) is 4.79 Å². The predicted octanol–water partition coefficient (Wildman–Crippen LogP) is 5.64. The van der Waals surface area contributed by atoms with E-state index in [9.17, 15) is 19.1 Å². The number of halogens is 2. The average Bonchev–Trinajstić information content (AvgIpc) is 3.63. The molecule has 8 heteroatoms. The Morgan fingerprint density at radius 1 is 1.22 bits per heavy atom. The van der Waals surface area contributed by atoms with E-state index in [0.29, 0.717) is 42.5 Å². The van der Waals surface area contributed by atoms with Crippen molar-refractivity contribution in [2.75, 3.05) is 13.2 Å². The van der Waals surface area contributed by atoms with Gasteiger partial charge in [-0.15, -0.1) is 0 Å². The van der Waals surface area contributed by atoms with Gasteiger partial charge in [0, 0.05) is 34.2 Å². The topological polar surface area (TPSA) is 71.8 Å². The second-order valence-electron chi connectivity index (χ2n) is 9.85. The van der Waals surface area contributed by atoms with Crippen molar-refractivity contribution in [3.63, 3.8) is 0 Å². The van der Waals surface area contributed by atoms with Crippen LogP contribution in [-0.2, 0) is 22.4 Å². The first-order valence-electron chi connectivity index (χ1n) is 12.6. The molecule has 0 aliphatic heterocycles. The number of carbonyl (C=O) groups excluding carboxylic acids is 1. The van der Waals surface area contributed by atoms with E-state index in [1.165, 1.54) is 12.1 Å². The maximum absolute atomic E-state index is 14.3. The SMILES string of the molecule is CCC(C(=O)O)n1c2c(c3cc(F)ccc31)C[C@@H](N(CC1CC1)C(=O)COc1cccc(Cl)c1)CC2. The van der Waals surface area contributed by atoms with Crippen molar-refractivity contribution >= 4 is 34.4 Å². The first-order chi connectivity index (χ1) is 17.4. The van der Waals surface area contributed by atoms with E-state index in [1.807, 2.05) is 16.4 Å². The predicted molar refractivity (Wildman–Crippen MR) is 136 cm³/mol. The van der Waals surface area contributed by atoms with E-state index in [0.717, 1.165) is 41.4 Å². The lowest BCUT2D eigenvalue weighted by molar-refractivity contribution is -0.141. The number of rotatable bonds is 9. The second-order valence-corrected chi connectivity index (χ2v) is 10.3. The summed E-state index contributed by atoms with van der Waals surface area (Å²) in [4.78, 5) is 27.4. The van der Waals surface area contributed by atoms with Crippen LogP contribution < -0.4 is 4.74 Å². The molecule has 2 aliphatic carbocycles. The maximum Gasteiger partial charge on any atom is 0.326 e. The lowest BCUT2D eigenvalue weighted by atomic mass is 9.90. The van der Waals surface area contributed by atoms with Gasteiger partial charge >= 0.3 is 5.97 Å². The van der Waals surface area contributed by atoms with Gasteiger partial charge in [-0.25, -0.2) is 9.18 Å². The third-order valence-electron chi connectivity index (χ3n) is 7.39. The monoisotopic (exact) mass is 512 g/mol. The zero-order chi connectivity index (χ0) is 25.4. The van der Waals surface area contributed by atoms with E-state index in [4.69, 9.17) is 16.3 Å². The standard InChI is InChI=1S/C28H30ClFN2O4/c1-2-24(28(34)35)32-25-10-8-19(30)13-22(25)23-14-20(9-11-26(23)32)31(15-17-6-7-17)27(33)16-36-21-5-3-4-18(29)12-21/h3-5,8,10,12-13,17,20,24H,2,6-7,9,11,14-16H2,1H3,(H,34,35)/t20-,24?/m0/s1. The number of aliphatic carboxylic acids is 1. The molecule has 36 heavy (non-hydrogen) atoms. The summed E-state index contributed by atoms with van der Waals surface area (Å²) in [5, 5.41) is 11.2. The first kappa shape index (κ1) is 24.6. The van der Waals surface area contributed by atoms with Crippen LogP contribution in [0, 0.1) is 11.7 Å². The smallest absolute Gasteiger partial charge is 0.326 e. The molecule has 3 aromatic rings. The highest BCUT2D eigenvalue weighted by Crippen LogP contribution is 2.38. The van der Waals surface area contributed by atoms with Gasteiger partial charge in [-0.05, 0) is 86.4 Å². The van der Waals surface area contributed by atoms with Gasteiger partial charge in [0.25, 0.3) is 5.91 Å². The summed E-state index contributed by atoms with van der Waals surface area (Å²) in [6.45, 7) is 2.45. The number of carboxylic acid groups (broad SMARTS) is 1. The Morgan fingerprint density at radius 2 is 2.03 bits per heavy atom. The molecule has 0 saturated heterocycles.